The van der Waals surface area contributed by atoms with Gasteiger partial charge < -0.3 is 20.3 Å². The number of amides is 2. The first-order chi connectivity index (χ1) is 21.4. The summed E-state index contributed by atoms with van der Waals surface area (Å²) in [5, 5.41) is 23.7. The average molecular weight is 624 g/mol. The van der Waals surface area contributed by atoms with E-state index in [1.54, 1.807) is 35.5 Å². The Morgan fingerprint density at radius 3 is 2.84 bits per heavy atom. The number of nitriles is 1. The zero-order valence-corrected chi connectivity index (χ0v) is 24.8. The van der Waals surface area contributed by atoms with Gasteiger partial charge in [0.05, 0.1) is 18.0 Å². The molecule has 1 fully saturated rings. The Labute approximate surface area is 256 Å². The number of likely N-dealkylation sites (tertiary alicyclic amines) is 1. The molecule has 15 heteroatoms. The average Bonchev–Trinajstić information content (AvgIpc) is 3.63. The van der Waals surface area contributed by atoms with Gasteiger partial charge in [-0.25, -0.2) is 9.50 Å². The zero-order valence-electron chi connectivity index (χ0n) is 23.9. The summed E-state index contributed by atoms with van der Waals surface area (Å²) in [7, 11) is 0. The summed E-state index contributed by atoms with van der Waals surface area (Å²) in [6, 6.07) is 8.82. The van der Waals surface area contributed by atoms with Crippen LogP contribution in [0.4, 0.5) is 14.5 Å². The number of aromatic nitrogens is 5. The number of nitrogens with zero attached hydrogens (tertiary/aromatic N) is 7. The van der Waals surface area contributed by atoms with Crippen LogP contribution < -0.4 is 15.4 Å². The maximum absolute atomic E-state index is 13.4. The summed E-state index contributed by atoms with van der Waals surface area (Å²) in [6.45, 7) is -1.30. The monoisotopic (exact) mass is 623 g/mol. The summed E-state index contributed by atoms with van der Waals surface area (Å²) in [4.78, 5) is 33.4. The molecule has 3 aromatic heterocycles. The van der Waals surface area contributed by atoms with E-state index in [-0.39, 0.29) is 46.8 Å². The third kappa shape index (κ3) is 7.32. The number of carbonyl (C=O) groups is 2. The fourth-order valence-corrected chi connectivity index (χ4v) is 5.47. The number of fused-ring (bicyclic) bond motifs is 1. The molecule has 44 heavy (non-hydrogen) atoms. The molecule has 1 aromatic carbocycles. The second kappa shape index (κ2) is 14.3. The first-order valence-electron chi connectivity index (χ1n) is 14.0. The van der Waals surface area contributed by atoms with E-state index in [0.29, 0.717) is 25.2 Å². The summed E-state index contributed by atoms with van der Waals surface area (Å²) in [5.74, 6) is -0.812. The van der Waals surface area contributed by atoms with Crippen LogP contribution in [0.25, 0.3) is 16.9 Å². The third-order valence-electron chi connectivity index (χ3n) is 7.24. The molecule has 0 aliphatic carbocycles. The van der Waals surface area contributed by atoms with E-state index in [2.05, 4.69) is 31.9 Å². The number of nitrogens with one attached hydrogen (secondary N) is 2. The molecule has 0 unspecified atom stereocenters. The Bertz CT molecular complexity index is 1660. The van der Waals surface area contributed by atoms with E-state index in [0.717, 1.165) is 30.7 Å². The van der Waals surface area contributed by atoms with Crippen LogP contribution >= 0.6 is 11.8 Å². The topological polar surface area (TPSA) is 142 Å². The summed E-state index contributed by atoms with van der Waals surface area (Å²) < 4.78 is 34.4. The number of ether oxygens (including phenoxy) is 1. The van der Waals surface area contributed by atoms with Gasteiger partial charge in [-0.1, -0.05) is 0 Å². The van der Waals surface area contributed by atoms with E-state index in [4.69, 9.17) is 10.00 Å². The molecule has 12 nitrogen and oxygen atoms in total. The Morgan fingerprint density at radius 2 is 2.09 bits per heavy atom. The van der Waals surface area contributed by atoms with Crippen LogP contribution in [0.15, 0.2) is 53.9 Å². The Morgan fingerprint density at radius 1 is 1.27 bits per heavy atom. The number of carbonyl (C=O) groups excluding carboxylic acids is 2. The SMILES string of the molecule is CSc1ccc(OC(F)F)c(-c2nn(CC(=O)N3CCC(NCCCC#N)CC3)cc2NC(=O)c2cnn3cccnc23)c1. The maximum Gasteiger partial charge on any atom is 0.387 e. The fraction of sp³-hybridized carbons (Fsp3) is 0.379. The molecule has 0 radical (unpaired) electrons. The van der Waals surface area contributed by atoms with Gasteiger partial charge in [-0.2, -0.15) is 24.2 Å². The highest BCUT2D eigenvalue weighted by molar-refractivity contribution is 7.98. The number of piperidine rings is 1. The number of hydrogen-bond acceptors (Lipinski definition) is 9. The lowest BCUT2D eigenvalue weighted by Crippen LogP contribution is -2.46. The van der Waals surface area contributed by atoms with Crippen molar-refractivity contribution in [3.8, 4) is 23.1 Å². The second-order valence-electron chi connectivity index (χ2n) is 10.1. The van der Waals surface area contributed by atoms with Crippen molar-refractivity contribution in [2.75, 3.05) is 31.2 Å². The third-order valence-corrected chi connectivity index (χ3v) is 7.96. The van der Waals surface area contributed by atoms with Crippen LogP contribution in [0.1, 0.15) is 36.0 Å². The fourth-order valence-electron chi connectivity index (χ4n) is 5.03. The molecule has 0 bridgehead atoms. The molecular formula is C29H31F2N9O3S. The Kier molecular flexibility index (Phi) is 10.0. The first kappa shape index (κ1) is 30.9. The highest BCUT2D eigenvalue weighted by Crippen LogP contribution is 2.38. The van der Waals surface area contributed by atoms with E-state index in [1.165, 1.54) is 39.4 Å². The van der Waals surface area contributed by atoms with E-state index >= 15 is 0 Å². The Hall–Kier alpha value is -4.55. The molecule has 1 saturated heterocycles. The first-order valence-corrected chi connectivity index (χ1v) is 15.3. The molecule has 0 saturated carbocycles. The lowest BCUT2D eigenvalue weighted by molar-refractivity contribution is -0.133. The van der Waals surface area contributed by atoms with E-state index < -0.39 is 12.5 Å². The zero-order chi connectivity index (χ0) is 31.1. The molecule has 230 valence electrons. The predicted molar refractivity (Wildman–Crippen MR) is 159 cm³/mol. The molecule has 5 rings (SSSR count). The van der Waals surface area contributed by atoms with Crippen molar-refractivity contribution >= 4 is 34.9 Å². The predicted octanol–water partition coefficient (Wildman–Crippen LogP) is 4.05. The van der Waals surface area contributed by atoms with Gasteiger partial charge in [-0.15, -0.1) is 11.8 Å². The minimum atomic E-state index is -3.08. The molecule has 1 aliphatic rings. The van der Waals surface area contributed by atoms with Crippen LogP contribution in [0.3, 0.4) is 0 Å². The highest BCUT2D eigenvalue weighted by atomic mass is 32.2. The number of halogens is 2. The number of alkyl halides is 2. The molecule has 2 amide bonds. The van der Waals surface area contributed by atoms with Gasteiger partial charge >= 0.3 is 6.61 Å². The standard InChI is InChI=1S/C29H31F2N9O3S/c1-44-20-5-6-24(43-29(30)31)21(15-20)26-23(36-28(42)22-16-35-40-12-4-11-34-27(22)40)17-39(37-26)18-25(41)38-13-7-19(8-14-38)33-10-3-2-9-32/h4-6,11-12,15-17,19,29,33H,2-3,7-8,10,13-14,18H2,1H3,(H,36,42). The van der Waals surface area contributed by atoms with Crippen molar-refractivity contribution in [3.63, 3.8) is 0 Å². The van der Waals surface area contributed by atoms with Gasteiger partial charge in [0.2, 0.25) is 5.91 Å². The number of unbranched alkanes of at least 4 members (excludes halogenated alkanes) is 1. The normalized spacial score (nSPS) is 13.8. The summed E-state index contributed by atoms with van der Waals surface area (Å²) >= 11 is 1.40. The molecule has 4 aromatic rings. The van der Waals surface area contributed by atoms with Gasteiger partial charge in [0.1, 0.15) is 23.6 Å². The molecule has 0 atom stereocenters. The minimum Gasteiger partial charge on any atom is -0.434 e. The van der Waals surface area contributed by atoms with Crippen molar-refractivity contribution in [1.29, 1.82) is 5.26 Å². The summed E-state index contributed by atoms with van der Waals surface area (Å²) in [6.07, 6.45) is 10.8. The molecule has 4 heterocycles. The number of thioether (sulfide) groups is 1. The van der Waals surface area contributed by atoms with Crippen molar-refractivity contribution in [2.45, 2.75) is 49.8 Å². The summed E-state index contributed by atoms with van der Waals surface area (Å²) in [5.41, 5.74) is 1.15. The smallest absolute Gasteiger partial charge is 0.387 e. The van der Waals surface area contributed by atoms with Crippen LogP contribution in [0, 0.1) is 11.3 Å². The van der Waals surface area contributed by atoms with E-state index in [9.17, 15) is 18.4 Å². The van der Waals surface area contributed by atoms with Crippen LogP contribution in [-0.2, 0) is 11.3 Å². The van der Waals surface area contributed by atoms with Gasteiger partial charge in [-0.3, -0.25) is 14.3 Å². The number of benzene rings is 1. The van der Waals surface area contributed by atoms with Crippen LogP contribution in [0.2, 0.25) is 0 Å². The van der Waals surface area contributed by atoms with Gasteiger partial charge in [0, 0.05) is 54.6 Å². The molecule has 2 N–H and O–H groups in total. The van der Waals surface area contributed by atoms with Gasteiger partial charge in [-0.05, 0) is 56.3 Å². The van der Waals surface area contributed by atoms with Crippen molar-refractivity contribution < 1.29 is 23.1 Å². The van der Waals surface area contributed by atoms with Crippen LogP contribution in [-0.4, -0.2) is 79.6 Å². The van der Waals surface area contributed by atoms with Crippen LogP contribution in [0.5, 0.6) is 5.75 Å². The number of anilines is 1. The lowest BCUT2D eigenvalue weighted by Gasteiger charge is -2.32. The van der Waals surface area contributed by atoms with Gasteiger partial charge in [0.25, 0.3) is 5.91 Å². The molecule has 0 spiro atoms. The largest absolute Gasteiger partial charge is 0.434 e. The number of rotatable bonds is 12. The lowest BCUT2D eigenvalue weighted by atomic mass is 10.0. The van der Waals surface area contributed by atoms with Crippen molar-refractivity contribution in [2.24, 2.45) is 0 Å². The Balaban J connectivity index is 1.39. The van der Waals surface area contributed by atoms with E-state index in [1.807, 2.05) is 6.26 Å². The quantitative estimate of drug-likeness (QED) is 0.177. The minimum absolute atomic E-state index is 0.116. The molecular weight excluding hydrogens is 592 g/mol. The number of hydrogen-bond donors (Lipinski definition) is 2. The van der Waals surface area contributed by atoms with Gasteiger partial charge in [0.15, 0.2) is 5.65 Å². The van der Waals surface area contributed by atoms with Crippen molar-refractivity contribution in [3.05, 3.63) is 54.6 Å². The highest BCUT2D eigenvalue weighted by Gasteiger charge is 2.25. The maximum atomic E-state index is 13.4. The second-order valence-corrected chi connectivity index (χ2v) is 11.0. The molecule has 1 aliphatic heterocycles. The van der Waals surface area contributed by atoms with Crippen molar-refractivity contribution in [1.82, 2.24) is 34.6 Å².